The highest BCUT2D eigenvalue weighted by Gasteiger charge is 2.41. The lowest BCUT2D eigenvalue weighted by molar-refractivity contribution is -0.140. The van der Waals surface area contributed by atoms with E-state index in [1.807, 2.05) is 35.2 Å². The van der Waals surface area contributed by atoms with Crippen LogP contribution in [0.2, 0.25) is 0 Å². The Morgan fingerprint density at radius 1 is 1.19 bits per heavy atom. The summed E-state index contributed by atoms with van der Waals surface area (Å²) in [7, 11) is 1.35. The number of pyridine rings is 1. The normalized spacial score (nSPS) is 17.8. The third-order valence-electron chi connectivity index (χ3n) is 5.32. The molecule has 1 aliphatic heterocycles. The Kier molecular flexibility index (Phi) is 6.18. The largest absolute Gasteiger partial charge is 0.478 e. The summed E-state index contributed by atoms with van der Waals surface area (Å²) in [5.74, 6) is -0.0641. The summed E-state index contributed by atoms with van der Waals surface area (Å²) in [4.78, 5) is 29.2. The number of nitrogens with one attached hydrogen (secondary N) is 1. The van der Waals surface area contributed by atoms with Crippen LogP contribution in [0.15, 0.2) is 65.2 Å². The van der Waals surface area contributed by atoms with Gasteiger partial charge in [0.2, 0.25) is 0 Å². The van der Waals surface area contributed by atoms with Gasteiger partial charge in [0, 0.05) is 18.3 Å². The molecule has 2 aromatic heterocycles. The number of esters is 1. The molecule has 3 aromatic rings. The predicted octanol–water partition coefficient (Wildman–Crippen LogP) is 3.58. The second-order valence-corrected chi connectivity index (χ2v) is 7.62. The maximum Gasteiger partial charge on any atom is 0.335 e. The van der Waals surface area contributed by atoms with E-state index in [1.54, 1.807) is 18.3 Å². The number of carboxylic acid groups (broad SMARTS) is 1. The van der Waals surface area contributed by atoms with Gasteiger partial charge in [-0.3, -0.25) is 9.78 Å². The van der Waals surface area contributed by atoms with E-state index in [4.69, 9.17) is 26.5 Å². The number of aromatic carboxylic acids is 1. The molecule has 1 saturated heterocycles. The molecule has 8 nitrogen and oxygen atoms in total. The Hall–Kier alpha value is -3.72. The van der Waals surface area contributed by atoms with Crippen molar-refractivity contribution in [2.45, 2.75) is 18.5 Å². The molecule has 0 unspecified atom stereocenters. The van der Waals surface area contributed by atoms with E-state index in [-0.39, 0.29) is 30.0 Å². The van der Waals surface area contributed by atoms with Crippen LogP contribution >= 0.6 is 12.2 Å². The van der Waals surface area contributed by atoms with Crippen molar-refractivity contribution in [3.63, 3.8) is 0 Å². The second-order valence-electron chi connectivity index (χ2n) is 7.23. The first-order valence-corrected chi connectivity index (χ1v) is 10.4. The van der Waals surface area contributed by atoms with Gasteiger partial charge in [-0.15, -0.1) is 0 Å². The molecule has 1 fully saturated rings. The van der Waals surface area contributed by atoms with E-state index in [0.717, 1.165) is 11.3 Å². The zero-order chi connectivity index (χ0) is 22.7. The van der Waals surface area contributed by atoms with Gasteiger partial charge < -0.3 is 24.5 Å². The molecule has 4 rings (SSSR count). The Bertz CT molecular complexity index is 1130. The summed E-state index contributed by atoms with van der Waals surface area (Å²) in [6, 6.07) is 15.2. The molecule has 0 amide bonds. The van der Waals surface area contributed by atoms with Crippen molar-refractivity contribution in [1.29, 1.82) is 0 Å². The smallest absolute Gasteiger partial charge is 0.335 e. The fourth-order valence-corrected chi connectivity index (χ4v) is 4.04. The van der Waals surface area contributed by atoms with Crippen molar-refractivity contribution in [3.05, 3.63) is 77.8 Å². The van der Waals surface area contributed by atoms with Crippen LogP contribution in [0, 0.1) is 0 Å². The number of carboxylic acids is 1. The first-order chi connectivity index (χ1) is 15.5. The first kappa shape index (κ1) is 21.5. The second kappa shape index (κ2) is 9.19. The van der Waals surface area contributed by atoms with E-state index >= 15 is 0 Å². The molecular formula is C23H21N3O5S. The SMILES string of the molecule is COC(=O)CCN1C(=S)N[C@H](c2ccccn2)[C@@H]1c1ccc(-c2ccc(C(=O)O)cc2)o1. The monoisotopic (exact) mass is 451 g/mol. The van der Waals surface area contributed by atoms with Gasteiger partial charge in [0.25, 0.3) is 0 Å². The maximum absolute atomic E-state index is 11.7. The number of nitrogens with zero attached hydrogens (tertiary/aromatic N) is 2. The number of benzene rings is 1. The quantitative estimate of drug-likeness (QED) is 0.412. The van der Waals surface area contributed by atoms with E-state index in [1.165, 1.54) is 19.2 Å². The van der Waals surface area contributed by atoms with Gasteiger partial charge in [0.1, 0.15) is 17.6 Å². The highest BCUT2D eigenvalue weighted by atomic mass is 32.1. The Morgan fingerprint density at radius 2 is 1.97 bits per heavy atom. The van der Waals surface area contributed by atoms with Crippen LogP contribution in [0.3, 0.4) is 0 Å². The van der Waals surface area contributed by atoms with Crippen LogP contribution in [0.5, 0.6) is 0 Å². The third kappa shape index (κ3) is 4.33. The summed E-state index contributed by atoms with van der Waals surface area (Å²) >= 11 is 5.56. The van der Waals surface area contributed by atoms with Crippen LogP contribution in [-0.4, -0.2) is 45.7 Å². The fourth-order valence-electron chi connectivity index (χ4n) is 3.71. The van der Waals surface area contributed by atoms with Crippen LogP contribution in [0.25, 0.3) is 11.3 Å². The van der Waals surface area contributed by atoms with Crippen LogP contribution in [0.1, 0.15) is 40.3 Å². The lowest BCUT2D eigenvalue weighted by atomic mass is 10.0. The Balaban J connectivity index is 1.67. The molecule has 32 heavy (non-hydrogen) atoms. The number of rotatable bonds is 7. The molecule has 164 valence electrons. The third-order valence-corrected chi connectivity index (χ3v) is 5.67. The zero-order valence-electron chi connectivity index (χ0n) is 17.2. The van der Waals surface area contributed by atoms with E-state index in [9.17, 15) is 9.59 Å². The molecular weight excluding hydrogens is 430 g/mol. The number of carbonyl (C=O) groups excluding carboxylic acids is 1. The average molecular weight is 452 g/mol. The number of aromatic nitrogens is 1. The van der Waals surface area contributed by atoms with E-state index < -0.39 is 5.97 Å². The van der Waals surface area contributed by atoms with Crippen molar-refractivity contribution >= 4 is 29.3 Å². The van der Waals surface area contributed by atoms with Gasteiger partial charge in [0.05, 0.1) is 30.8 Å². The summed E-state index contributed by atoms with van der Waals surface area (Å²) in [6.07, 6.45) is 1.89. The summed E-state index contributed by atoms with van der Waals surface area (Å²) < 4.78 is 11.0. The molecule has 9 heteroatoms. The minimum absolute atomic E-state index is 0.175. The van der Waals surface area contributed by atoms with Crippen molar-refractivity contribution in [1.82, 2.24) is 15.2 Å². The molecule has 0 spiro atoms. The highest BCUT2D eigenvalue weighted by molar-refractivity contribution is 7.80. The number of hydrogen-bond acceptors (Lipinski definition) is 6. The fraction of sp³-hybridized carbons (Fsp3) is 0.217. The molecule has 2 N–H and O–H groups in total. The molecule has 3 heterocycles. The zero-order valence-corrected chi connectivity index (χ0v) is 18.0. The average Bonchev–Trinajstić information content (AvgIpc) is 3.42. The lowest BCUT2D eigenvalue weighted by Crippen LogP contribution is -2.31. The van der Waals surface area contributed by atoms with Gasteiger partial charge in [-0.2, -0.15) is 0 Å². The van der Waals surface area contributed by atoms with Gasteiger partial charge >= 0.3 is 11.9 Å². The summed E-state index contributed by atoms with van der Waals surface area (Å²) in [5, 5.41) is 12.9. The number of methoxy groups -OCH3 is 1. The Morgan fingerprint density at radius 3 is 2.62 bits per heavy atom. The van der Waals surface area contributed by atoms with Crippen molar-refractivity contribution in [2.75, 3.05) is 13.7 Å². The first-order valence-electron chi connectivity index (χ1n) is 9.96. The molecule has 2 atom stereocenters. The van der Waals surface area contributed by atoms with Crippen LogP contribution < -0.4 is 5.32 Å². The predicted molar refractivity (Wildman–Crippen MR) is 120 cm³/mol. The van der Waals surface area contributed by atoms with Crippen molar-refractivity contribution < 1.29 is 23.8 Å². The molecule has 0 saturated carbocycles. The number of thiocarbonyl (C=S) groups is 1. The number of ether oxygens (including phenoxy) is 1. The summed E-state index contributed by atoms with van der Waals surface area (Å²) in [6.45, 7) is 0.357. The number of furan rings is 1. The number of carbonyl (C=O) groups is 2. The van der Waals surface area contributed by atoms with E-state index in [2.05, 4.69) is 10.3 Å². The highest BCUT2D eigenvalue weighted by Crippen LogP contribution is 2.40. The molecule has 1 aromatic carbocycles. The summed E-state index contributed by atoms with van der Waals surface area (Å²) in [5.41, 5.74) is 1.75. The van der Waals surface area contributed by atoms with Gasteiger partial charge in [-0.1, -0.05) is 18.2 Å². The Labute approximate surface area is 189 Å². The minimum atomic E-state index is -0.985. The minimum Gasteiger partial charge on any atom is -0.478 e. The van der Waals surface area contributed by atoms with Gasteiger partial charge in [-0.05, 0) is 48.6 Å². The van der Waals surface area contributed by atoms with E-state index in [0.29, 0.717) is 23.2 Å². The molecule has 0 aliphatic carbocycles. The molecule has 1 aliphatic rings. The van der Waals surface area contributed by atoms with Gasteiger partial charge in [0.15, 0.2) is 5.11 Å². The number of hydrogen-bond donors (Lipinski definition) is 2. The van der Waals surface area contributed by atoms with Crippen LogP contribution in [0.4, 0.5) is 0 Å². The van der Waals surface area contributed by atoms with Crippen molar-refractivity contribution in [3.8, 4) is 11.3 Å². The molecule has 0 radical (unpaired) electrons. The maximum atomic E-state index is 11.7. The topological polar surface area (TPSA) is 105 Å². The lowest BCUT2D eigenvalue weighted by Gasteiger charge is -2.25. The standard InChI is InChI=1S/C23H21N3O5S/c1-30-19(27)11-13-26-21(20(25-23(26)32)16-4-2-3-12-24-16)18-10-9-17(31-18)14-5-7-15(8-6-14)22(28)29/h2-10,12,20-21H,11,13H2,1H3,(H,25,32)(H,28,29)/t20-,21+/m1/s1. The molecule has 0 bridgehead atoms. The van der Waals surface area contributed by atoms with Gasteiger partial charge in [-0.25, -0.2) is 4.79 Å². The van der Waals surface area contributed by atoms with Crippen molar-refractivity contribution in [2.24, 2.45) is 0 Å². The van der Waals surface area contributed by atoms with Crippen LogP contribution in [-0.2, 0) is 9.53 Å².